The molecular formula is C32H39BrClF4N8O13PS3. The summed E-state index contributed by atoms with van der Waals surface area (Å²) in [6.07, 6.45) is 0.732. The van der Waals surface area contributed by atoms with Crippen LogP contribution >= 0.6 is 46.5 Å². The Hall–Kier alpha value is -4.48. The van der Waals surface area contributed by atoms with E-state index in [-0.39, 0.29) is 39.6 Å². The van der Waals surface area contributed by atoms with E-state index in [0.717, 1.165) is 36.6 Å². The molecule has 63 heavy (non-hydrogen) atoms. The van der Waals surface area contributed by atoms with Gasteiger partial charge >= 0.3 is 36.1 Å². The Labute approximate surface area is 376 Å². The maximum atomic E-state index is 14.3. The Morgan fingerprint density at radius 3 is 2.19 bits per heavy atom. The Morgan fingerprint density at radius 2 is 1.71 bits per heavy atom. The predicted molar refractivity (Wildman–Crippen MR) is 224 cm³/mol. The van der Waals surface area contributed by atoms with Gasteiger partial charge in [-0.3, -0.25) is 20.1 Å². The molecule has 0 bridgehead atoms. The molecule has 3 heterocycles. The summed E-state index contributed by atoms with van der Waals surface area (Å²) < 4.78 is 99.3. The molecule has 4 rings (SSSR count). The molecule has 6 N–H and O–H groups in total. The maximum Gasteiger partial charge on any atom is 0.434 e. The minimum absolute atomic E-state index is 0.0633. The van der Waals surface area contributed by atoms with Gasteiger partial charge in [-0.1, -0.05) is 11.6 Å². The highest BCUT2D eigenvalue weighted by Crippen LogP contribution is 2.41. The van der Waals surface area contributed by atoms with Gasteiger partial charge in [-0.15, -0.1) is 11.3 Å². The van der Waals surface area contributed by atoms with E-state index in [4.69, 9.17) is 36.2 Å². The predicted octanol–water partition coefficient (Wildman–Crippen LogP) is 4.34. The minimum atomic E-state index is -4.69. The van der Waals surface area contributed by atoms with Crippen molar-refractivity contribution in [3.63, 3.8) is 0 Å². The molecule has 0 saturated heterocycles. The van der Waals surface area contributed by atoms with Crippen molar-refractivity contribution in [2.75, 3.05) is 44.0 Å². The first-order chi connectivity index (χ1) is 28.8. The molecule has 0 spiro atoms. The second-order valence-corrected chi connectivity index (χ2v) is 20.2. The van der Waals surface area contributed by atoms with Crippen LogP contribution in [-0.4, -0.2) is 117 Å². The molecule has 1 aromatic carbocycles. The van der Waals surface area contributed by atoms with E-state index in [1.54, 1.807) is 18.6 Å². The van der Waals surface area contributed by atoms with Gasteiger partial charge in [-0.2, -0.15) is 33.2 Å². The molecule has 21 nitrogen and oxygen atoms in total. The zero-order valence-corrected chi connectivity index (χ0v) is 39.6. The standard InChI is InChI=1S/C15H12BrClF4N2O2.C11H11N5O6S2.C3H8NO5P.C3H9S/c1-6(2)25-14(24)7-4-8(10(18)5-9(7)17)12-11(16)13(15(19,20)21)23(3)22-12;1-5-12-9(15-11(13-5)22-2)14-10(19)16-24(20,21)6-3-4-23-7(6)8(17)18;5-3(6)1-4-2-10(7,8)9;1-4(2)3/h4-6H,1-3H3;3-4H,1-2H3,(H,17,18)(H2,12,13,14,15,16,19);4H,1-2H2,(H,5,6)(H2,7,8,9);1-3H3/q;;;+1/p-1. The summed E-state index contributed by atoms with van der Waals surface area (Å²) in [7, 11) is -5.69. The number of amides is 2. The number of halogens is 6. The average molecular weight is 1060 g/mol. The zero-order valence-electron chi connectivity index (χ0n) is 33.9. The van der Waals surface area contributed by atoms with Crippen LogP contribution in [0.15, 0.2) is 32.9 Å². The number of thiophene rings is 1. The highest BCUT2D eigenvalue weighted by Gasteiger charge is 2.39. The summed E-state index contributed by atoms with van der Waals surface area (Å²) in [5.74, 6) is -4.30. The molecular weight excluding hydrogens is 1020 g/mol. The minimum Gasteiger partial charge on any atom is -0.778 e. The van der Waals surface area contributed by atoms with E-state index in [0.29, 0.717) is 15.6 Å². The van der Waals surface area contributed by atoms with Crippen LogP contribution in [0.1, 0.15) is 45.4 Å². The Kier molecular flexibility index (Phi) is 22.0. The van der Waals surface area contributed by atoms with Gasteiger partial charge in [0.1, 0.15) is 34.7 Å². The van der Waals surface area contributed by atoms with Crippen molar-refractivity contribution >= 4 is 97.3 Å². The summed E-state index contributed by atoms with van der Waals surface area (Å²) in [6.45, 7) is 4.27. The number of anilines is 1. The number of carboxylic acid groups (broad SMARTS) is 2. The smallest absolute Gasteiger partial charge is 0.434 e. The molecule has 4 aromatic rings. The molecule has 31 heteroatoms. The number of hydrogen-bond donors (Lipinski definition) is 6. The van der Waals surface area contributed by atoms with Crippen LogP contribution in [0.2, 0.25) is 5.02 Å². The van der Waals surface area contributed by atoms with Crippen molar-refractivity contribution in [3.05, 3.63) is 60.9 Å². The van der Waals surface area contributed by atoms with Gasteiger partial charge in [0, 0.05) is 12.6 Å². The highest BCUT2D eigenvalue weighted by atomic mass is 79.9. The lowest BCUT2D eigenvalue weighted by atomic mass is 10.1. The van der Waals surface area contributed by atoms with Crippen molar-refractivity contribution in [1.82, 2.24) is 34.8 Å². The lowest BCUT2D eigenvalue weighted by Crippen LogP contribution is -2.35. The molecule has 0 radical (unpaired) electrons. The number of benzene rings is 1. The van der Waals surface area contributed by atoms with Gasteiger partial charge in [-0.25, -0.2) is 31.9 Å². The zero-order chi connectivity index (χ0) is 48.8. The first-order valence-electron chi connectivity index (χ1n) is 16.7. The molecule has 0 saturated carbocycles. The average Bonchev–Trinajstić information content (AvgIpc) is 3.72. The molecule has 0 fully saturated rings. The fraction of sp³-hybridized carbons (Fsp3) is 0.375. The second kappa shape index (κ2) is 24.5. The fourth-order valence-corrected chi connectivity index (χ4v) is 7.58. The second-order valence-electron chi connectivity index (χ2n) is 12.4. The van der Waals surface area contributed by atoms with Crippen molar-refractivity contribution < 1.29 is 79.2 Å². The highest BCUT2D eigenvalue weighted by molar-refractivity contribution is 9.10. The lowest BCUT2D eigenvalue weighted by Gasteiger charge is -2.14. The number of aryl methyl sites for hydroxylation is 2. The summed E-state index contributed by atoms with van der Waals surface area (Å²) in [4.78, 5) is 73.0. The van der Waals surface area contributed by atoms with Gasteiger partial charge in [-0.05, 0) is 71.2 Å². The number of nitrogens with one attached hydrogen (secondary N) is 3. The SMILES string of the molecule is CC(C)OC(=O)c1cc(-c2nn(C)c(C(F)(F)F)c2Br)c(F)cc1Cl.COc1nc(C)nc(NC(=O)NS(=O)(=O)c2ccsc2C(=O)O)n1.C[S+](C)C.O=C(O)CNCP(=O)([O-])O. The van der Waals surface area contributed by atoms with Crippen LogP contribution < -0.4 is 25.0 Å². The van der Waals surface area contributed by atoms with Gasteiger partial charge in [0.15, 0.2) is 5.69 Å². The Balaban J connectivity index is 0.000000487. The van der Waals surface area contributed by atoms with Crippen molar-refractivity contribution in [1.29, 1.82) is 0 Å². The number of methoxy groups -OCH3 is 1. The van der Waals surface area contributed by atoms with Gasteiger partial charge < -0.3 is 34.0 Å². The molecule has 0 aliphatic rings. The van der Waals surface area contributed by atoms with E-state index in [2.05, 4.69) is 60.1 Å². The van der Waals surface area contributed by atoms with E-state index < -0.39 is 92.4 Å². The first kappa shape index (κ1) is 56.5. The first-order valence-corrected chi connectivity index (χ1v) is 24.4. The van der Waals surface area contributed by atoms with Crippen LogP contribution in [0.3, 0.4) is 0 Å². The molecule has 350 valence electrons. The number of urea groups is 1. The number of aliphatic carboxylic acids is 1. The van der Waals surface area contributed by atoms with E-state index in [1.165, 1.54) is 19.4 Å². The van der Waals surface area contributed by atoms with Crippen LogP contribution in [0, 0.1) is 12.7 Å². The van der Waals surface area contributed by atoms with Crippen molar-refractivity contribution in [2.45, 2.75) is 37.9 Å². The summed E-state index contributed by atoms with van der Waals surface area (Å²) in [5, 5.41) is 25.8. The van der Waals surface area contributed by atoms with Crippen molar-refractivity contribution in [3.8, 4) is 17.3 Å². The summed E-state index contributed by atoms with van der Waals surface area (Å²) in [5.41, 5.74) is -1.86. The molecule has 0 aliphatic heterocycles. The molecule has 1 unspecified atom stereocenters. The Bertz CT molecular complexity index is 2420. The number of aromatic carboxylic acids is 1. The number of carbonyl (C=O) groups excluding carboxylic acids is 2. The normalized spacial score (nSPS) is 12.0. The topological polar surface area (TPSA) is 314 Å². The number of rotatable bonds is 12. The third kappa shape index (κ3) is 19.4. The van der Waals surface area contributed by atoms with Crippen LogP contribution in [0.5, 0.6) is 6.01 Å². The quantitative estimate of drug-likeness (QED) is 0.0497. The summed E-state index contributed by atoms with van der Waals surface area (Å²) >= 11 is 9.39. The van der Waals surface area contributed by atoms with Gasteiger partial charge in [0.2, 0.25) is 5.95 Å². The van der Waals surface area contributed by atoms with E-state index in [1.807, 2.05) is 5.32 Å². The van der Waals surface area contributed by atoms with Crippen molar-refractivity contribution in [2.24, 2.45) is 7.05 Å². The van der Waals surface area contributed by atoms with Crippen LogP contribution in [-0.2, 0) is 48.2 Å². The molecule has 2 amide bonds. The lowest BCUT2D eigenvalue weighted by molar-refractivity contribution is -0.193. The number of aromatic nitrogens is 5. The van der Waals surface area contributed by atoms with E-state index in [9.17, 15) is 54.6 Å². The number of sulfonamides is 1. The number of alkyl halides is 3. The third-order valence-corrected chi connectivity index (χ3v) is 10.3. The number of nitrogens with zero attached hydrogens (tertiary/aromatic N) is 5. The van der Waals surface area contributed by atoms with Crippen LogP contribution in [0.4, 0.5) is 28.3 Å². The Morgan fingerprint density at radius 1 is 1.13 bits per heavy atom. The molecule has 1 atom stereocenters. The fourth-order valence-electron chi connectivity index (χ4n) is 4.02. The molecule has 0 aliphatic carbocycles. The maximum absolute atomic E-state index is 14.3. The molecule has 3 aromatic heterocycles. The van der Waals surface area contributed by atoms with Gasteiger partial charge in [0.25, 0.3) is 10.0 Å². The number of esters is 1. The third-order valence-electron chi connectivity index (χ3n) is 6.19. The van der Waals surface area contributed by atoms with Gasteiger partial charge in [0.05, 0.1) is 59.9 Å². The number of ether oxygens (including phenoxy) is 2. The number of hydrogen-bond acceptors (Lipinski definition) is 16. The van der Waals surface area contributed by atoms with E-state index >= 15 is 0 Å². The number of carbonyl (C=O) groups is 4. The van der Waals surface area contributed by atoms with Crippen LogP contribution in [0.25, 0.3) is 11.3 Å². The summed E-state index contributed by atoms with van der Waals surface area (Å²) in [6, 6.07) is 1.72. The monoisotopic (exact) mass is 1060 g/mol. The largest absolute Gasteiger partial charge is 0.778 e. The number of carboxylic acids is 2.